The number of aromatic nitrogens is 4. The maximum Gasteiger partial charge on any atom is 0.261 e. The second-order valence-electron chi connectivity index (χ2n) is 8.28. The van der Waals surface area contributed by atoms with Crippen LogP contribution in [-0.2, 0) is 22.5 Å². The van der Waals surface area contributed by atoms with E-state index in [0.717, 1.165) is 10.9 Å². The first-order valence-corrected chi connectivity index (χ1v) is 11.5. The Hall–Kier alpha value is -2.97. The molecule has 3 heterocycles. The number of rotatable bonds is 4. The molecule has 31 heavy (non-hydrogen) atoms. The zero-order chi connectivity index (χ0) is 22.4. The largest absolute Gasteiger partial charge is 0.277 e. The van der Waals surface area contributed by atoms with Crippen LogP contribution in [0.2, 0.25) is 5.02 Å². The number of aryl methyl sites for hydroxylation is 1. The van der Waals surface area contributed by atoms with Crippen LogP contribution in [0.1, 0.15) is 26.3 Å². The fraction of sp³-hybridized carbons (Fsp3) is 0.227. The lowest BCUT2D eigenvalue weighted by Crippen LogP contribution is -2.15. The molecule has 0 saturated heterocycles. The highest BCUT2D eigenvalue weighted by Crippen LogP contribution is 2.33. The van der Waals surface area contributed by atoms with E-state index in [4.69, 9.17) is 11.6 Å². The molecule has 1 aromatic carbocycles. The number of nitrogens with one attached hydrogen (secondary N) is 1. The summed E-state index contributed by atoms with van der Waals surface area (Å²) in [6.07, 6.45) is 3.14. The van der Waals surface area contributed by atoms with E-state index in [0.29, 0.717) is 22.1 Å². The molecule has 160 valence electrons. The molecule has 7 nitrogen and oxygen atoms in total. The van der Waals surface area contributed by atoms with Crippen molar-refractivity contribution in [2.75, 3.05) is 4.72 Å². The summed E-state index contributed by atoms with van der Waals surface area (Å²) in [5.41, 5.74) is 2.77. The van der Waals surface area contributed by atoms with Gasteiger partial charge in [-0.05, 0) is 41.3 Å². The predicted molar refractivity (Wildman–Crippen MR) is 123 cm³/mol. The number of hydrogen-bond donors (Lipinski definition) is 1. The SMILES string of the molecule is Cn1nc(-c2ncc(Cl)cc2NS(=O)(=O)c2ccc(C(C)(C)C)cc2)c2cccnc21. The first-order chi connectivity index (χ1) is 14.6. The number of benzene rings is 1. The molecule has 0 aliphatic rings. The Bertz CT molecular complexity index is 1370. The van der Waals surface area contributed by atoms with E-state index < -0.39 is 10.0 Å². The Morgan fingerprint density at radius 1 is 1.03 bits per heavy atom. The third-order valence-electron chi connectivity index (χ3n) is 4.95. The normalized spacial score (nSPS) is 12.3. The van der Waals surface area contributed by atoms with Gasteiger partial charge < -0.3 is 0 Å². The van der Waals surface area contributed by atoms with E-state index >= 15 is 0 Å². The van der Waals surface area contributed by atoms with Crippen LogP contribution in [0.15, 0.2) is 59.8 Å². The van der Waals surface area contributed by atoms with Crippen LogP contribution in [-0.4, -0.2) is 28.2 Å². The Labute approximate surface area is 186 Å². The Morgan fingerprint density at radius 3 is 2.42 bits per heavy atom. The third-order valence-corrected chi connectivity index (χ3v) is 6.54. The molecule has 0 saturated carbocycles. The quantitative estimate of drug-likeness (QED) is 0.478. The first-order valence-electron chi connectivity index (χ1n) is 9.63. The van der Waals surface area contributed by atoms with Crippen LogP contribution in [0.5, 0.6) is 0 Å². The summed E-state index contributed by atoms with van der Waals surface area (Å²) >= 11 is 6.14. The number of anilines is 1. The lowest BCUT2D eigenvalue weighted by atomic mass is 9.87. The average Bonchev–Trinajstić information content (AvgIpc) is 3.04. The molecular formula is C22H22ClN5O2S. The molecule has 0 aliphatic carbocycles. The fourth-order valence-electron chi connectivity index (χ4n) is 3.31. The van der Waals surface area contributed by atoms with Crippen LogP contribution in [0.3, 0.4) is 0 Å². The summed E-state index contributed by atoms with van der Waals surface area (Å²) in [6.45, 7) is 6.22. The van der Waals surface area contributed by atoms with Gasteiger partial charge >= 0.3 is 0 Å². The van der Waals surface area contributed by atoms with Crippen molar-refractivity contribution in [3.05, 3.63) is 65.4 Å². The zero-order valence-electron chi connectivity index (χ0n) is 17.6. The van der Waals surface area contributed by atoms with Gasteiger partial charge in [0.15, 0.2) is 5.65 Å². The third kappa shape index (κ3) is 4.13. The molecule has 1 N–H and O–H groups in total. The lowest BCUT2D eigenvalue weighted by Gasteiger charge is -2.19. The number of pyridine rings is 2. The molecule has 0 unspecified atom stereocenters. The molecule has 0 amide bonds. The van der Waals surface area contributed by atoms with Crippen molar-refractivity contribution in [2.45, 2.75) is 31.1 Å². The number of sulfonamides is 1. The Morgan fingerprint density at radius 2 is 1.74 bits per heavy atom. The summed E-state index contributed by atoms with van der Waals surface area (Å²) in [5.74, 6) is 0. The van der Waals surface area contributed by atoms with E-state index in [-0.39, 0.29) is 16.0 Å². The number of fused-ring (bicyclic) bond motifs is 1. The van der Waals surface area contributed by atoms with Crippen molar-refractivity contribution < 1.29 is 8.42 Å². The fourth-order valence-corrected chi connectivity index (χ4v) is 4.52. The van der Waals surface area contributed by atoms with Crippen LogP contribution in [0, 0.1) is 0 Å². The second-order valence-corrected chi connectivity index (χ2v) is 10.4. The van der Waals surface area contributed by atoms with Gasteiger partial charge in [-0.3, -0.25) is 9.71 Å². The minimum atomic E-state index is -3.87. The van der Waals surface area contributed by atoms with E-state index in [2.05, 4.69) is 40.6 Å². The number of hydrogen-bond acceptors (Lipinski definition) is 5. The molecule has 0 bridgehead atoms. The van der Waals surface area contributed by atoms with Gasteiger partial charge in [-0.25, -0.2) is 18.1 Å². The molecule has 0 radical (unpaired) electrons. The van der Waals surface area contributed by atoms with E-state index in [9.17, 15) is 8.42 Å². The summed E-state index contributed by atoms with van der Waals surface area (Å²) in [5, 5.41) is 5.57. The molecule has 9 heteroatoms. The summed E-state index contributed by atoms with van der Waals surface area (Å²) < 4.78 is 30.5. The van der Waals surface area contributed by atoms with Gasteiger partial charge in [0, 0.05) is 24.8 Å². The Balaban J connectivity index is 1.78. The number of halogens is 1. The standard InChI is InChI=1S/C22H22ClN5O2S/c1-22(2,3)14-7-9-16(10-8-14)31(29,30)27-18-12-15(23)13-25-20(18)19-17-6-5-11-24-21(17)28(4)26-19/h5-13,27H,1-4H3. The maximum absolute atomic E-state index is 13.1. The van der Waals surface area contributed by atoms with Gasteiger partial charge in [0.05, 0.1) is 15.6 Å². The van der Waals surface area contributed by atoms with Gasteiger partial charge in [-0.15, -0.1) is 0 Å². The highest BCUT2D eigenvalue weighted by atomic mass is 35.5. The molecule has 0 atom stereocenters. The van der Waals surface area contributed by atoms with Crippen LogP contribution in [0.25, 0.3) is 22.4 Å². The predicted octanol–water partition coefficient (Wildman–Crippen LogP) is 4.78. The van der Waals surface area contributed by atoms with Crippen molar-refractivity contribution in [2.24, 2.45) is 7.05 Å². The van der Waals surface area contributed by atoms with Crippen molar-refractivity contribution in [3.8, 4) is 11.4 Å². The smallest absolute Gasteiger partial charge is 0.261 e. The topological polar surface area (TPSA) is 89.8 Å². The molecule has 0 fully saturated rings. The minimum absolute atomic E-state index is 0.0756. The summed E-state index contributed by atoms with van der Waals surface area (Å²) in [4.78, 5) is 8.86. The monoisotopic (exact) mass is 455 g/mol. The van der Waals surface area contributed by atoms with Gasteiger partial charge in [0.1, 0.15) is 11.4 Å². The molecule has 3 aromatic heterocycles. The second kappa shape index (κ2) is 7.62. The molecule has 4 aromatic rings. The maximum atomic E-state index is 13.1. The lowest BCUT2D eigenvalue weighted by molar-refractivity contribution is 0.587. The van der Waals surface area contributed by atoms with Crippen LogP contribution >= 0.6 is 11.6 Å². The molecular weight excluding hydrogens is 434 g/mol. The van der Waals surface area contributed by atoms with Crippen molar-refractivity contribution in [1.82, 2.24) is 19.7 Å². The van der Waals surface area contributed by atoms with Crippen molar-refractivity contribution in [3.63, 3.8) is 0 Å². The summed E-state index contributed by atoms with van der Waals surface area (Å²) in [6, 6.07) is 12.0. The van der Waals surface area contributed by atoms with Crippen LogP contribution in [0.4, 0.5) is 5.69 Å². The van der Waals surface area contributed by atoms with Gasteiger partial charge in [-0.1, -0.05) is 44.5 Å². The molecule has 0 spiro atoms. The highest BCUT2D eigenvalue weighted by Gasteiger charge is 2.22. The van der Waals surface area contributed by atoms with E-state index in [1.165, 1.54) is 12.3 Å². The molecule has 4 rings (SSSR count). The zero-order valence-corrected chi connectivity index (χ0v) is 19.2. The number of nitrogens with zero attached hydrogens (tertiary/aromatic N) is 4. The minimum Gasteiger partial charge on any atom is -0.277 e. The Kier molecular flexibility index (Phi) is 5.23. The van der Waals surface area contributed by atoms with Crippen molar-refractivity contribution in [1.29, 1.82) is 0 Å². The summed E-state index contributed by atoms with van der Waals surface area (Å²) in [7, 11) is -2.09. The van der Waals surface area contributed by atoms with Gasteiger partial charge in [0.2, 0.25) is 0 Å². The van der Waals surface area contributed by atoms with Gasteiger partial charge in [0.25, 0.3) is 10.0 Å². The average molecular weight is 456 g/mol. The highest BCUT2D eigenvalue weighted by molar-refractivity contribution is 7.92. The molecule has 0 aliphatic heterocycles. The van der Waals surface area contributed by atoms with E-state index in [1.807, 2.05) is 18.2 Å². The first kappa shape index (κ1) is 21.3. The van der Waals surface area contributed by atoms with Crippen molar-refractivity contribution >= 4 is 38.3 Å². The van der Waals surface area contributed by atoms with Gasteiger partial charge in [-0.2, -0.15) is 5.10 Å². The van der Waals surface area contributed by atoms with Crippen LogP contribution < -0.4 is 4.72 Å². The van der Waals surface area contributed by atoms with E-state index in [1.54, 1.807) is 36.1 Å².